The summed E-state index contributed by atoms with van der Waals surface area (Å²) in [6.45, 7) is 0.535. The van der Waals surface area contributed by atoms with E-state index in [9.17, 15) is 9.59 Å². The van der Waals surface area contributed by atoms with E-state index in [1.807, 2.05) is 16.8 Å². The van der Waals surface area contributed by atoms with Crippen LogP contribution < -0.4 is 4.90 Å². The van der Waals surface area contributed by atoms with Gasteiger partial charge >= 0.3 is 0 Å². The van der Waals surface area contributed by atoms with Crippen molar-refractivity contribution in [1.29, 1.82) is 0 Å². The molecule has 3 aliphatic rings. The Labute approximate surface area is 143 Å². The minimum Gasteiger partial charge on any atom is -0.342 e. The number of aryl methyl sites for hydroxylation is 2. The van der Waals surface area contributed by atoms with E-state index in [1.165, 1.54) is 30.4 Å². The molecule has 0 spiro atoms. The van der Waals surface area contributed by atoms with Crippen LogP contribution in [-0.2, 0) is 22.4 Å². The standard InChI is InChI=1S/C20H26N2O2/c1-21(17-7-2-3-8-17)20(24)16-12-19(23)22(13-16)18-10-9-14-5-4-6-15(14)11-18/h9-11,16-17H,2-8,12-13H2,1H3/t16-/m1/s1. The fraction of sp³-hybridized carbons (Fsp3) is 0.600. The fourth-order valence-electron chi connectivity index (χ4n) is 4.61. The Morgan fingerprint density at radius 1 is 1.12 bits per heavy atom. The maximum absolute atomic E-state index is 12.8. The van der Waals surface area contributed by atoms with Gasteiger partial charge < -0.3 is 9.80 Å². The van der Waals surface area contributed by atoms with E-state index in [0.29, 0.717) is 19.0 Å². The van der Waals surface area contributed by atoms with Gasteiger partial charge in [-0.25, -0.2) is 0 Å². The molecule has 1 heterocycles. The number of benzene rings is 1. The van der Waals surface area contributed by atoms with E-state index in [4.69, 9.17) is 0 Å². The molecular weight excluding hydrogens is 300 g/mol. The summed E-state index contributed by atoms with van der Waals surface area (Å²) in [5.74, 6) is 0.0568. The molecule has 1 saturated carbocycles. The highest BCUT2D eigenvalue weighted by Crippen LogP contribution is 2.32. The Hall–Kier alpha value is -1.84. The summed E-state index contributed by atoms with van der Waals surface area (Å²) in [5.41, 5.74) is 3.76. The second kappa shape index (κ2) is 6.23. The molecule has 2 fully saturated rings. The van der Waals surface area contributed by atoms with E-state index in [-0.39, 0.29) is 17.7 Å². The Morgan fingerprint density at radius 2 is 1.88 bits per heavy atom. The van der Waals surface area contributed by atoms with Gasteiger partial charge in [0.1, 0.15) is 0 Å². The molecule has 0 unspecified atom stereocenters. The average molecular weight is 326 g/mol. The highest BCUT2D eigenvalue weighted by molar-refractivity contribution is 6.00. The lowest BCUT2D eigenvalue weighted by atomic mass is 10.1. The van der Waals surface area contributed by atoms with Crippen LogP contribution in [0.5, 0.6) is 0 Å². The van der Waals surface area contributed by atoms with E-state index in [0.717, 1.165) is 31.4 Å². The van der Waals surface area contributed by atoms with Crippen LogP contribution in [0.25, 0.3) is 0 Å². The number of hydrogen-bond donors (Lipinski definition) is 0. The second-order valence-corrected chi connectivity index (χ2v) is 7.60. The zero-order valence-corrected chi connectivity index (χ0v) is 14.5. The van der Waals surface area contributed by atoms with Crippen LogP contribution in [-0.4, -0.2) is 36.3 Å². The number of fused-ring (bicyclic) bond motifs is 1. The fourth-order valence-corrected chi connectivity index (χ4v) is 4.61. The third kappa shape index (κ3) is 2.72. The number of carbonyl (C=O) groups is 2. The third-order valence-electron chi connectivity index (χ3n) is 6.09. The van der Waals surface area contributed by atoms with Gasteiger partial charge in [0.15, 0.2) is 0 Å². The molecule has 2 aliphatic carbocycles. The Kier molecular flexibility index (Phi) is 4.07. The van der Waals surface area contributed by atoms with E-state index < -0.39 is 0 Å². The van der Waals surface area contributed by atoms with Crippen molar-refractivity contribution in [2.75, 3.05) is 18.5 Å². The van der Waals surface area contributed by atoms with Crippen LogP contribution in [0.2, 0.25) is 0 Å². The lowest BCUT2D eigenvalue weighted by Gasteiger charge is -2.27. The highest BCUT2D eigenvalue weighted by Gasteiger charge is 2.38. The Bertz CT molecular complexity index is 664. The number of hydrogen-bond acceptors (Lipinski definition) is 2. The van der Waals surface area contributed by atoms with Crippen molar-refractivity contribution in [3.63, 3.8) is 0 Å². The summed E-state index contributed by atoms with van der Waals surface area (Å²) in [7, 11) is 1.92. The maximum atomic E-state index is 12.8. The van der Waals surface area contributed by atoms with Gasteiger partial charge in [0, 0.05) is 31.7 Å². The first-order valence-corrected chi connectivity index (χ1v) is 9.32. The quantitative estimate of drug-likeness (QED) is 0.857. The molecule has 4 heteroatoms. The van der Waals surface area contributed by atoms with E-state index in [2.05, 4.69) is 18.2 Å². The lowest BCUT2D eigenvalue weighted by Crippen LogP contribution is -2.40. The molecule has 1 aromatic carbocycles. The van der Waals surface area contributed by atoms with E-state index in [1.54, 1.807) is 0 Å². The number of carbonyl (C=O) groups excluding carboxylic acids is 2. The van der Waals surface area contributed by atoms with Gasteiger partial charge in [0.25, 0.3) is 0 Å². The molecule has 4 rings (SSSR count). The monoisotopic (exact) mass is 326 g/mol. The van der Waals surface area contributed by atoms with Gasteiger partial charge in [0.05, 0.1) is 5.92 Å². The zero-order valence-electron chi connectivity index (χ0n) is 14.5. The van der Waals surface area contributed by atoms with Crippen molar-refractivity contribution in [1.82, 2.24) is 4.90 Å². The van der Waals surface area contributed by atoms with Crippen molar-refractivity contribution in [2.45, 2.75) is 57.4 Å². The van der Waals surface area contributed by atoms with Crippen molar-refractivity contribution in [3.05, 3.63) is 29.3 Å². The predicted octanol–water partition coefficient (Wildman–Crippen LogP) is 2.93. The molecule has 1 aromatic rings. The van der Waals surface area contributed by atoms with Crippen LogP contribution >= 0.6 is 0 Å². The number of rotatable bonds is 3. The normalized spacial score (nSPS) is 23.8. The van der Waals surface area contributed by atoms with Gasteiger partial charge in [-0.2, -0.15) is 0 Å². The van der Waals surface area contributed by atoms with Gasteiger partial charge in [0.2, 0.25) is 11.8 Å². The third-order valence-corrected chi connectivity index (χ3v) is 6.09. The summed E-state index contributed by atoms with van der Waals surface area (Å²) in [5, 5.41) is 0. The first-order chi connectivity index (χ1) is 11.6. The topological polar surface area (TPSA) is 40.6 Å². The van der Waals surface area contributed by atoms with Gasteiger partial charge in [-0.05, 0) is 55.4 Å². The maximum Gasteiger partial charge on any atom is 0.228 e. The predicted molar refractivity (Wildman–Crippen MR) is 94.0 cm³/mol. The number of nitrogens with zero attached hydrogens (tertiary/aromatic N) is 2. The molecule has 128 valence electrons. The van der Waals surface area contributed by atoms with Crippen LogP contribution in [0.4, 0.5) is 5.69 Å². The molecule has 2 amide bonds. The molecule has 0 N–H and O–H groups in total. The number of anilines is 1. The van der Waals surface area contributed by atoms with Crippen molar-refractivity contribution >= 4 is 17.5 Å². The summed E-state index contributed by atoms with van der Waals surface area (Å²) < 4.78 is 0. The smallest absolute Gasteiger partial charge is 0.228 e. The molecule has 0 bridgehead atoms. The zero-order chi connectivity index (χ0) is 16.7. The van der Waals surface area contributed by atoms with Gasteiger partial charge in [-0.15, -0.1) is 0 Å². The Morgan fingerprint density at radius 3 is 2.67 bits per heavy atom. The first kappa shape index (κ1) is 15.7. The highest BCUT2D eigenvalue weighted by atomic mass is 16.2. The average Bonchev–Trinajstić information content (AvgIpc) is 3.32. The van der Waals surface area contributed by atoms with E-state index >= 15 is 0 Å². The first-order valence-electron chi connectivity index (χ1n) is 9.32. The summed E-state index contributed by atoms with van der Waals surface area (Å²) in [6, 6.07) is 6.75. The lowest BCUT2D eigenvalue weighted by molar-refractivity contribution is -0.136. The molecule has 24 heavy (non-hydrogen) atoms. The summed E-state index contributed by atoms with van der Waals surface area (Å²) in [6.07, 6.45) is 8.47. The molecule has 4 nitrogen and oxygen atoms in total. The van der Waals surface area contributed by atoms with Crippen LogP contribution in [0.15, 0.2) is 18.2 Å². The molecule has 1 saturated heterocycles. The van der Waals surface area contributed by atoms with Crippen LogP contribution in [0, 0.1) is 5.92 Å². The SMILES string of the molecule is CN(C(=O)[C@@H]1CC(=O)N(c2ccc3c(c2)CCC3)C1)C1CCCC1. The van der Waals surface area contributed by atoms with Crippen molar-refractivity contribution < 1.29 is 9.59 Å². The molecule has 1 atom stereocenters. The van der Waals surface area contributed by atoms with Crippen molar-refractivity contribution in [2.24, 2.45) is 5.92 Å². The van der Waals surface area contributed by atoms with Crippen molar-refractivity contribution in [3.8, 4) is 0 Å². The van der Waals surface area contributed by atoms with Gasteiger partial charge in [-0.1, -0.05) is 18.9 Å². The second-order valence-electron chi connectivity index (χ2n) is 7.60. The molecular formula is C20H26N2O2. The summed E-state index contributed by atoms with van der Waals surface area (Å²) in [4.78, 5) is 29.0. The molecule has 0 aromatic heterocycles. The summed E-state index contributed by atoms with van der Waals surface area (Å²) >= 11 is 0. The Balaban J connectivity index is 1.47. The van der Waals surface area contributed by atoms with Crippen LogP contribution in [0.3, 0.4) is 0 Å². The largest absolute Gasteiger partial charge is 0.342 e. The molecule has 1 aliphatic heterocycles. The van der Waals surface area contributed by atoms with Crippen LogP contribution in [0.1, 0.15) is 49.7 Å². The van der Waals surface area contributed by atoms with Gasteiger partial charge in [-0.3, -0.25) is 9.59 Å². The minimum absolute atomic E-state index is 0.0890. The minimum atomic E-state index is -0.184. The molecule has 0 radical (unpaired) electrons. The number of amides is 2.